The fourth-order valence-electron chi connectivity index (χ4n) is 2.60. The summed E-state index contributed by atoms with van der Waals surface area (Å²) in [7, 11) is 0. The normalized spacial score (nSPS) is 20.2. The second kappa shape index (κ2) is 8.20. The SMILES string of the molecule is CC(C)(C)OC(=O)N1C[C@@H](O)C[C@@H]1CNC(=O)OCc1ccccc1. The van der Waals surface area contributed by atoms with Crippen LogP contribution in [0.4, 0.5) is 9.59 Å². The number of rotatable bonds is 4. The average molecular weight is 350 g/mol. The van der Waals surface area contributed by atoms with E-state index in [4.69, 9.17) is 9.47 Å². The molecule has 0 aliphatic carbocycles. The number of aliphatic hydroxyl groups is 1. The quantitative estimate of drug-likeness (QED) is 0.870. The van der Waals surface area contributed by atoms with Gasteiger partial charge in [-0.25, -0.2) is 9.59 Å². The minimum absolute atomic E-state index is 0.176. The van der Waals surface area contributed by atoms with Crippen LogP contribution in [0.15, 0.2) is 30.3 Å². The number of alkyl carbamates (subject to hydrolysis) is 1. The van der Waals surface area contributed by atoms with E-state index in [1.165, 1.54) is 4.90 Å². The highest BCUT2D eigenvalue weighted by Crippen LogP contribution is 2.21. The molecule has 1 aliphatic heterocycles. The smallest absolute Gasteiger partial charge is 0.410 e. The maximum Gasteiger partial charge on any atom is 0.410 e. The van der Waals surface area contributed by atoms with Gasteiger partial charge in [0.05, 0.1) is 18.7 Å². The predicted octanol–water partition coefficient (Wildman–Crippen LogP) is 2.28. The first-order valence-corrected chi connectivity index (χ1v) is 8.37. The molecular formula is C18H26N2O5. The lowest BCUT2D eigenvalue weighted by molar-refractivity contribution is 0.0206. The van der Waals surface area contributed by atoms with Crippen molar-refractivity contribution >= 4 is 12.2 Å². The highest BCUT2D eigenvalue weighted by Gasteiger charge is 2.36. The maximum absolute atomic E-state index is 12.2. The third-order valence-electron chi connectivity index (χ3n) is 3.72. The van der Waals surface area contributed by atoms with E-state index < -0.39 is 23.9 Å². The first-order valence-electron chi connectivity index (χ1n) is 8.37. The Morgan fingerprint density at radius 3 is 2.60 bits per heavy atom. The number of carbonyl (C=O) groups excluding carboxylic acids is 2. The predicted molar refractivity (Wildman–Crippen MR) is 92.0 cm³/mol. The van der Waals surface area contributed by atoms with E-state index in [9.17, 15) is 14.7 Å². The van der Waals surface area contributed by atoms with Gasteiger partial charge in [-0.1, -0.05) is 30.3 Å². The highest BCUT2D eigenvalue weighted by molar-refractivity contribution is 5.70. The summed E-state index contributed by atoms with van der Waals surface area (Å²) in [6, 6.07) is 9.04. The summed E-state index contributed by atoms with van der Waals surface area (Å²) in [6.07, 6.45) is -1.29. The number of likely N-dealkylation sites (tertiary alicyclic amines) is 1. The molecule has 1 heterocycles. The topological polar surface area (TPSA) is 88.1 Å². The number of nitrogens with zero attached hydrogens (tertiary/aromatic N) is 1. The van der Waals surface area contributed by atoms with Crippen molar-refractivity contribution in [2.45, 2.75) is 51.5 Å². The van der Waals surface area contributed by atoms with Crippen LogP contribution in [0.25, 0.3) is 0 Å². The van der Waals surface area contributed by atoms with E-state index in [1.807, 2.05) is 30.3 Å². The Labute approximate surface area is 147 Å². The van der Waals surface area contributed by atoms with Gasteiger partial charge < -0.3 is 24.8 Å². The monoisotopic (exact) mass is 350 g/mol. The second-order valence-corrected chi connectivity index (χ2v) is 7.12. The van der Waals surface area contributed by atoms with Crippen molar-refractivity contribution in [3.8, 4) is 0 Å². The molecule has 0 radical (unpaired) electrons. The van der Waals surface area contributed by atoms with E-state index >= 15 is 0 Å². The zero-order valence-corrected chi connectivity index (χ0v) is 14.9. The molecule has 0 saturated carbocycles. The minimum atomic E-state index is -0.625. The largest absolute Gasteiger partial charge is 0.445 e. The van der Waals surface area contributed by atoms with Crippen LogP contribution < -0.4 is 5.32 Å². The Balaban J connectivity index is 1.81. The number of amides is 2. The number of nitrogens with one attached hydrogen (secondary N) is 1. The van der Waals surface area contributed by atoms with Crippen LogP contribution in [0.1, 0.15) is 32.8 Å². The first-order chi connectivity index (χ1) is 11.7. The molecular weight excluding hydrogens is 324 g/mol. The van der Waals surface area contributed by atoms with Crippen molar-refractivity contribution in [1.82, 2.24) is 10.2 Å². The van der Waals surface area contributed by atoms with Crippen molar-refractivity contribution in [2.24, 2.45) is 0 Å². The summed E-state index contributed by atoms with van der Waals surface area (Å²) in [5.41, 5.74) is 0.279. The number of hydrogen-bond donors (Lipinski definition) is 2. The van der Waals surface area contributed by atoms with Crippen LogP contribution in [0.2, 0.25) is 0 Å². The molecule has 0 bridgehead atoms. The lowest BCUT2D eigenvalue weighted by Gasteiger charge is -2.28. The average Bonchev–Trinajstić information content (AvgIpc) is 2.91. The fourth-order valence-corrected chi connectivity index (χ4v) is 2.60. The number of ether oxygens (including phenoxy) is 2. The molecule has 2 atom stereocenters. The van der Waals surface area contributed by atoms with Gasteiger partial charge >= 0.3 is 12.2 Å². The van der Waals surface area contributed by atoms with Crippen molar-refractivity contribution in [2.75, 3.05) is 13.1 Å². The molecule has 7 heteroatoms. The molecule has 138 valence electrons. The van der Waals surface area contributed by atoms with E-state index in [0.29, 0.717) is 6.42 Å². The van der Waals surface area contributed by atoms with E-state index in [-0.39, 0.29) is 25.7 Å². The first kappa shape index (κ1) is 19.1. The van der Waals surface area contributed by atoms with Gasteiger partial charge in [-0.05, 0) is 32.8 Å². The summed E-state index contributed by atoms with van der Waals surface area (Å²) in [5, 5.41) is 12.5. The van der Waals surface area contributed by atoms with Crippen LogP contribution in [0.5, 0.6) is 0 Å². The van der Waals surface area contributed by atoms with Gasteiger partial charge in [-0.3, -0.25) is 0 Å². The van der Waals surface area contributed by atoms with Crippen molar-refractivity contribution in [3.63, 3.8) is 0 Å². The Morgan fingerprint density at radius 2 is 1.96 bits per heavy atom. The zero-order chi connectivity index (χ0) is 18.4. The van der Waals surface area contributed by atoms with Crippen LogP contribution in [0, 0.1) is 0 Å². The van der Waals surface area contributed by atoms with Crippen molar-refractivity contribution in [1.29, 1.82) is 0 Å². The van der Waals surface area contributed by atoms with Gasteiger partial charge in [0, 0.05) is 6.54 Å². The molecule has 7 nitrogen and oxygen atoms in total. The minimum Gasteiger partial charge on any atom is -0.445 e. The van der Waals surface area contributed by atoms with Gasteiger partial charge in [0.2, 0.25) is 0 Å². The van der Waals surface area contributed by atoms with Crippen molar-refractivity contribution in [3.05, 3.63) is 35.9 Å². The molecule has 25 heavy (non-hydrogen) atoms. The molecule has 1 fully saturated rings. The summed E-state index contributed by atoms with van der Waals surface area (Å²) in [4.78, 5) is 25.5. The Bertz CT molecular complexity index is 585. The van der Waals surface area contributed by atoms with E-state index in [1.54, 1.807) is 20.8 Å². The van der Waals surface area contributed by atoms with Gasteiger partial charge in [-0.15, -0.1) is 0 Å². The molecule has 2 amide bonds. The Kier molecular flexibility index (Phi) is 6.25. The van der Waals surface area contributed by atoms with Gasteiger partial charge in [-0.2, -0.15) is 0 Å². The fraction of sp³-hybridized carbons (Fsp3) is 0.556. The van der Waals surface area contributed by atoms with Gasteiger partial charge in [0.15, 0.2) is 0 Å². The molecule has 2 N–H and O–H groups in total. The number of hydrogen-bond acceptors (Lipinski definition) is 5. The van der Waals surface area contributed by atoms with Gasteiger partial charge in [0.1, 0.15) is 12.2 Å². The summed E-state index contributed by atoms with van der Waals surface area (Å²) < 4.78 is 10.5. The number of β-amino-alcohol motifs (C(OH)–C–C–N with tert-alkyl or cyclic N) is 1. The van der Waals surface area contributed by atoms with Crippen LogP contribution in [0.3, 0.4) is 0 Å². The molecule has 0 aromatic heterocycles. The van der Waals surface area contributed by atoms with E-state index in [2.05, 4.69) is 5.32 Å². The maximum atomic E-state index is 12.2. The number of benzene rings is 1. The zero-order valence-electron chi connectivity index (χ0n) is 14.9. The molecule has 2 rings (SSSR count). The summed E-state index contributed by atoms with van der Waals surface area (Å²) >= 11 is 0. The van der Waals surface area contributed by atoms with Gasteiger partial charge in [0.25, 0.3) is 0 Å². The van der Waals surface area contributed by atoms with Crippen LogP contribution >= 0.6 is 0 Å². The third kappa shape index (κ3) is 6.26. The highest BCUT2D eigenvalue weighted by atomic mass is 16.6. The lowest BCUT2D eigenvalue weighted by Crippen LogP contribution is -2.45. The molecule has 1 aliphatic rings. The number of aliphatic hydroxyl groups excluding tert-OH is 1. The molecule has 1 aromatic carbocycles. The van der Waals surface area contributed by atoms with Crippen LogP contribution in [-0.4, -0.2) is 53.0 Å². The standard InChI is InChI=1S/C18H26N2O5/c1-18(2,3)25-17(23)20-11-15(21)9-14(20)10-19-16(22)24-12-13-7-5-4-6-8-13/h4-8,14-15,21H,9-12H2,1-3H3,(H,19,22)/t14-,15+/m1/s1. The second-order valence-electron chi connectivity index (χ2n) is 7.12. The summed E-state index contributed by atoms with van der Waals surface area (Å²) in [6.45, 7) is 5.92. The van der Waals surface area contributed by atoms with Crippen LogP contribution in [-0.2, 0) is 16.1 Å². The van der Waals surface area contributed by atoms with E-state index in [0.717, 1.165) is 5.56 Å². The molecule has 1 saturated heterocycles. The number of carbonyl (C=O) groups is 2. The lowest BCUT2D eigenvalue weighted by atomic mass is 10.2. The Hall–Kier alpha value is -2.28. The molecule has 1 aromatic rings. The van der Waals surface area contributed by atoms with Crippen molar-refractivity contribution < 1.29 is 24.2 Å². The third-order valence-corrected chi connectivity index (χ3v) is 3.72. The molecule has 0 unspecified atom stereocenters. The molecule has 0 spiro atoms. The summed E-state index contributed by atoms with van der Waals surface area (Å²) in [5.74, 6) is 0. The Morgan fingerprint density at radius 1 is 1.28 bits per heavy atom.